The molecule has 3 nitrogen and oxygen atoms in total. The molecule has 0 saturated carbocycles. The number of methoxy groups -OCH3 is 1. The minimum absolute atomic E-state index is 0.284. The Labute approximate surface area is 101 Å². The highest BCUT2D eigenvalue weighted by Gasteiger charge is 2.39. The predicted molar refractivity (Wildman–Crippen MR) is 70.6 cm³/mol. The van der Waals surface area contributed by atoms with Crippen molar-refractivity contribution in [2.75, 3.05) is 20.3 Å². The molecule has 0 aromatic heterocycles. The van der Waals surface area contributed by atoms with Crippen molar-refractivity contribution in [3.63, 3.8) is 0 Å². The lowest BCUT2D eigenvalue weighted by Crippen LogP contribution is -2.44. The summed E-state index contributed by atoms with van der Waals surface area (Å²) in [6, 6.07) is 0.347. The van der Waals surface area contributed by atoms with Crippen molar-refractivity contribution in [3.8, 4) is 0 Å². The Bertz CT molecular complexity index is 226. The van der Waals surface area contributed by atoms with Gasteiger partial charge in [-0.2, -0.15) is 0 Å². The molecule has 1 fully saturated rings. The van der Waals surface area contributed by atoms with Crippen LogP contribution < -0.4 is 0 Å². The lowest BCUT2D eigenvalue weighted by atomic mass is 10.2. The van der Waals surface area contributed by atoms with Crippen molar-refractivity contribution >= 4 is 8.32 Å². The number of hydrogen-bond donors (Lipinski definition) is 0. The molecule has 2 atom stereocenters. The van der Waals surface area contributed by atoms with E-state index >= 15 is 0 Å². The van der Waals surface area contributed by atoms with E-state index in [1.54, 1.807) is 7.11 Å². The molecular formula is C12H26NO2Si-. The fraction of sp³-hybridized carbons (Fsp3) is 1.00. The van der Waals surface area contributed by atoms with E-state index in [1.807, 2.05) is 0 Å². The van der Waals surface area contributed by atoms with Crippen molar-refractivity contribution in [2.45, 2.75) is 57.5 Å². The molecular weight excluding hydrogens is 218 g/mol. The van der Waals surface area contributed by atoms with E-state index in [0.29, 0.717) is 12.1 Å². The summed E-state index contributed by atoms with van der Waals surface area (Å²) in [5, 5.41) is 4.83. The average molecular weight is 244 g/mol. The second kappa shape index (κ2) is 5.17. The van der Waals surface area contributed by atoms with Crippen LogP contribution in [0, 0.1) is 0 Å². The third kappa shape index (κ3) is 3.55. The van der Waals surface area contributed by atoms with Gasteiger partial charge in [-0.1, -0.05) is 20.8 Å². The summed E-state index contributed by atoms with van der Waals surface area (Å²) in [6.45, 7) is 13.0. The third-order valence-electron chi connectivity index (χ3n) is 3.73. The highest BCUT2D eigenvalue weighted by molar-refractivity contribution is 6.74. The number of nitrogens with zero attached hydrogens (tertiary/aromatic N) is 1. The fourth-order valence-corrected chi connectivity index (χ4v) is 3.07. The molecule has 1 saturated heterocycles. The number of hydrogen-bond acceptors (Lipinski definition) is 2. The molecule has 1 heterocycles. The zero-order valence-corrected chi connectivity index (χ0v) is 12.5. The van der Waals surface area contributed by atoms with Crippen LogP contribution in [-0.2, 0) is 9.16 Å². The topological polar surface area (TPSA) is 32.6 Å². The quantitative estimate of drug-likeness (QED) is 0.712. The normalized spacial score (nSPS) is 27.4. The Balaban J connectivity index is 2.45. The maximum atomic E-state index is 6.33. The zero-order valence-electron chi connectivity index (χ0n) is 11.5. The SMILES string of the molecule is COC[C@@H]1C[C@@H](O[Si](C)(C)C(C)(C)C)C[N-]1. The van der Waals surface area contributed by atoms with Gasteiger partial charge in [0.05, 0.1) is 0 Å². The summed E-state index contributed by atoms with van der Waals surface area (Å²) >= 11 is 0. The maximum Gasteiger partial charge on any atom is 0.192 e. The molecule has 16 heavy (non-hydrogen) atoms. The molecule has 1 rings (SSSR count). The van der Waals surface area contributed by atoms with Gasteiger partial charge in [0.2, 0.25) is 0 Å². The predicted octanol–water partition coefficient (Wildman–Crippen LogP) is 3.17. The van der Waals surface area contributed by atoms with Crippen LogP contribution in [0.25, 0.3) is 5.32 Å². The van der Waals surface area contributed by atoms with E-state index in [4.69, 9.17) is 9.16 Å². The van der Waals surface area contributed by atoms with Gasteiger partial charge in [0.15, 0.2) is 8.32 Å². The first-order valence-corrected chi connectivity index (χ1v) is 9.00. The molecule has 0 bridgehead atoms. The highest BCUT2D eigenvalue weighted by Crippen LogP contribution is 2.39. The smallest absolute Gasteiger partial charge is 0.192 e. The molecule has 0 aromatic carbocycles. The fourth-order valence-electron chi connectivity index (χ4n) is 1.71. The van der Waals surface area contributed by atoms with E-state index in [2.05, 4.69) is 39.2 Å². The maximum absolute atomic E-state index is 6.33. The Hall–Kier alpha value is 0.0969. The van der Waals surface area contributed by atoms with Gasteiger partial charge in [0.1, 0.15) is 0 Å². The average Bonchev–Trinajstić information content (AvgIpc) is 2.50. The van der Waals surface area contributed by atoms with Gasteiger partial charge < -0.3 is 14.5 Å². The monoisotopic (exact) mass is 244 g/mol. The van der Waals surface area contributed by atoms with Gasteiger partial charge in [0.25, 0.3) is 0 Å². The molecule has 0 unspecified atom stereocenters. The van der Waals surface area contributed by atoms with Crippen LogP contribution in [0.15, 0.2) is 0 Å². The largest absolute Gasteiger partial charge is 0.656 e. The van der Waals surface area contributed by atoms with E-state index in [-0.39, 0.29) is 5.04 Å². The van der Waals surface area contributed by atoms with Crippen LogP contribution in [0.4, 0.5) is 0 Å². The summed E-state index contributed by atoms with van der Waals surface area (Å²) in [6.07, 6.45) is 1.35. The molecule has 0 aromatic rings. The summed E-state index contributed by atoms with van der Waals surface area (Å²) < 4.78 is 11.5. The first kappa shape index (κ1) is 14.2. The van der Waals surface area contributed by atoms with Crippen molar-refractivity contribution < 1.29 is 9.16 Å². The molecule has 1 aliphatic heterocycles. The molecule has 4 heteroatoms. The van der Waals surface area contributed by atoms with E-state index in [1.165, 1.54) is 0 Å². The first-order chi connectivity index (χ1) is 7.26. The van der Waals surface area contributed by atoms with Crippen LogP contribution in [-0.4, -0.2) is 40.7 Å². The van der Waals surface area contributed by atoms with Crippen LogP contribution in [0.3, 0.4) is 0 Å². The van der Waals surface area contributed by atoms with Crippen molar-refractivity contribution in [3.05, 3.63) is 5.32 Å². The van der Waals surface area contributed by atoms with E-state index in [0.717, 1.165) is 19.6 Å². The number of ether oxygens (including phenoxy) is 1. The summed E-state index contributed by atoms with van der Waals surface area (Å²) in [5.74, 6) is 0. The minimum atomic E-state index is -1.62. The molecule has 96 valence electrons. The summed E-state index contributed by atoms with van der Waals surface area (Å²) in [7, 11) is 0.110. The van der Waals surface area contributed by atoms with Crippen molar-refractivity contribution in [1.82, 2.24) is 0 Å². The zero-order chi connectivity index (χ0) is 12.4. The highest BCUT2D eigenvalue weighted by atomic mass is 28.4. The number of rotatable bonds is 4. The lowest BCUT2D eigenvalue weighted by molar-refractivity contribution is 0.164. The van der Waals surface area contributed by atoms with Gasteiger partial charge in [0, 0.05) is 19.8 Å². The van der Waals surface area contributed by atoms with E-state index < -0.39 is 8.32 Å². The molecule has 0 radical (unpaired) electrons. The Morgan fingerprint density at radius 2 is 1.94 bits per heavy atom. The molecule has 0 spiro atoms. The lowest BCUT2D eigenvalue weighted by Gasteiger charge is -2.39. The van der Waals surface area contributed by atoms with Crippen molar-refractivity contribution in [1.29, 1.82) is 0 Å². The van der Waals surface area contributed by atoms with Gasteiger partial charge in [-0.3, -0.25) is 0 Å². The first-order valence-electron chi connectivity index (χ1n) is 6.09. The summed E-state index contributed by atoms with van der Waals surface area (Å²) in [5.41, 5.74) is 0. The molecule has 0 aliphatic carbocycles. The van der Waals surface area contributed by atoms with Crippen molar-refractivity contribution in [2.24, 2.45) is 0 Å². The molecule has 0 N–H and O–H groups in total. The summed E-state index contributed by atoms with van der Waals surface area (Å²) in [4.78, 5) is 0. The van der Waals surface area contributed by atoms with Gasteiger partial charge in [-0.15, -0.1) is 12.6 Å². The van der Waals surface area contributed by atoms with Crippen LogP contribution in [0.1, 0.15) is 27.2 Å². The van der Waals surface area contributed by atoms with Gasteiger partial charge in [-0.05, 0) is 24.6 Å². The standard InChI is InChI=1S/C12H26NO2Si/c1-12(2,3)16(5,6)15-11-7-10(9-14-4)13-8-11/h10-11H,7-9H2,1-6H3/q-1/t10-,11+/m0/s1. The van der Waals surface area contributed by atoms with Gasteiger partial charge >= 0.3 is 0 Å². The molecule has 1 aliphatic rings. The second-order valence-electron chi connectivity index (χ2n) is 6.21. The van der Waals surface area contributed by atoms with Crippen LogP contribution in [0.5, 0.6) is 0 Å². The third-order valence-corrected chi connectivity index (χ3v) is 8.26. The Morgan fingerprint density at radius 1 is 1.31 bits per heavy atom. The van der Waals surface area contributed by atoms with Gasteiger partial charge in [-0.25, -0.2) is 0 Å². The Morgan fingerprint density at radius 3 is 2.44 bits per heavy atom. The minimum Gasteiger partial charge on any atom is -0.656 e. The van der Waals surface area contributed by atoms with E-state index in [9.17, 15) is 0 Å². The van der Waals surface area contributed by atoms with Crippen LogP contribution in [0.2, 0.25) is 18.1 Å². The Kier molecular flexibility index (Phi) is 4.57. The molecule has 0 amide bonds. The van der Waals surface area contributed by atoms with Crippen LogP contribution >= 0.6 is 0 Å². The second-order valence-corrected chi connectivity index (χ2v) is 11.0.